The molecule has 4 aromatic rings. The number of carbonyl (C=O) groups excluding carboxylic acids is 1. The molecule has 1 aliphatic heterocycles. The zero-order valence-corrected chi connectivity index (χ0v) is 21.5. The van der Waals surface area contributed by atoms with Gasteiger partial charge >= 0.3 is 0 Å². The second-order valence-electron chi connectivity index (χ2n) is 8.03. The Bertz CT molecular complexity index is 1430. The summed E-state index contributed by atoms with van der Waals surface area (Å²) in [4.78, 5) is 20.7. The molecule has 1 aliphatic rings. The predicted octanol–water partition coefficient (Wildman–Crippen LogP) is 4.24. The summed E-state index contributed by atoms with van der Waals surface area (Å²) in [6.07, 6.45) is 0. The number of thiophene rings is 1. The molecule has 0 aliphatic carbocycles. The number of anilines is 2. The smallest absolute Gasteiger partial charge is 0.275 e. The number of hydrogen-bond donors (Lipinski definition) is 1. The van der Waals surface area contributed by atoms with Crippen LogP contribution in [-0.4, -0.2) is 54.9 Å². The zero-order valence-electron chi connectivity index (χ0n) is 19.1. The third-order valence-corrected chi connectivity index (χ3v) is 9.79. The number of sulfonamides is 1. The van der Waals surface area contributed by atoms with Crippen molar-refractivity contribution in [2.45, 2.75) is 18.7 Å². The number of rotatable bonds is 6. The summed E-state index contributed by atoms with van der Waals surface area (Å²) in [6, 6.07) is 11.5. The highest BCUT2D eigenvalue weighted by Gasteiger charge is 2.33. The van der Waals surface area contributed by atoms with E-state index in [1.807, 2.05) is 41.8 Å². The maximum absolute atomic E-state index is 13.1. The summed E-state index contributed by atoms with van der Waals surface area (Å²) < 4.78 is 32.8. The summed E-state index contributed by atoms with van der Waals surface area (Å²) >= 11 is 3.02. The van der Waals surface area contributed by atoms with E-state index in [0.29, 0.717) is 49.0 Å². The molecule has 35 heavy (non-hydrogen) atoms. The van der Waals surface area contributed by atoms with Gasteiger partial charge in [0.15, 0.2) is 5.76 Å². The Balaban J connectivity index is 1.29. The van der Waals surface area contributed by atoms with Crippen LogP contribution in [0.4, 0.5) is 11.4 Å². The first kappa shape index (κ1) is 23.7. The molecule has 0 unspecified atom stereocenters. The van der Waals surface area contributed by atoms with Crippen LogP contribution < -0.4 is 10.2 Å². The van der Waals surface area contributed by atoms with Gasteiger partial charge in [-0.05, 0) is 37.4 Å². The van der Waals surface area contributed by atoms with Crippen LogP contribution in [0.5, 0.6) is 0 Å². The quantitative estimate of drug-likeness (QED) is 0.398. The van der Waals surface area contributed by atoms with Gasteiger partial charge in [-0.1, -0.05) is 23.4 Å². The Morgan fingerprint density at radius 2 is 1.83 bits per heavy atom. The minimum Gasteiger partial charge on any atom is -0.367 e. The SMILES string of the molecule is Cc1noc(C)c1S(=O)(=O)N1CCN(c2ccccc2NC(=O)c2csc(-c3cccs3)n2)CC1. The number of nitrogens with zero attached hydrogens (tertiary/aromatic N) is 4. The molecule has 0 saturated carbocycles. The number of piperazine rings is 1. The summed E-state index contributed by atoms with van der Waals surface area (Å²) in [5.74, 6) is 0.0124. The third kappa shape index (κ3) is 4.61. The van der Waals surface area contributed by atoms with E-state index >= 15 is 0 Å². The van der Waals surface area contributed by atoms with Crippen molar-refractivity contribution in [1.82, 2.24) is 14.4 Å². The van der Waals surface area contributed by atoms with Gasteiger partial charge in [-0.15, -0.1) is 22.7 Å². The van der Waals surface area contributed by atoms with Gasteiger partial charge in [-0.25, -0.2) is 13.4 Å². The van der Waals surface area contributed by atoms with Gasteiger partial charge in [0, 0.05) is 31.6 Å². The molecule has 1 N–H and O–H groups in total. The van der Waals surface area contributed by atoms with Gasteiger partial charge in [0.05, 0.1) is 16.3 Å². The van der Waals surface area contributed by atoms with Gasteiger partial charge < -0.3 is 14.7 Å². The van der Waals surface area contributed by atoms with E-state index in [1.54, 1.807) is 30.6 Å². The van der Waals surface area contributed by atoms with Crippen LogP contribution in [0.25, 0.3) is 9.88 Å². The predicted molar refractivity (Wildman–Crippen MR) is 137 cm³/mol. The molecule has 1 saturated heterocycles. The maximum atomic E-state index is 13.1. The van der Waals surface area contributed by atoms with Crippen LogP contribution in [0.2, 0.25) is 0 Å². The fourth-order valence-electron chi connectivity index (χ4n) is 4.07. The molecule has 12 heteroatoms. The number of thiazole rings is 1. The first-order valence-electron chi connectivity index (χ1n) is 10.9. The number of benzene rings is 1. The van der Waals surface area contributed by atoms with Crippen LogP contribution in [0, 0.1) is 13.8 Å². The minimum atomic E-state index is -3.69. The van der Waals surface area contributed by atoms with Crippen LogP contribution in [0.3, 0.4) is 0 Å². The van der Waals surface area contributed by atoms with E-state index in [2.05, 4.69) is 20.4 Å². The van der Waals surface area contributed by atoms with Gasteiger partial charge in [-0.3, -0.25) is 4.79 Å². The monoisotopic (exact) mass is 529 g/mol. The molecule has 5 rings (SSSR count). The first-order chi connectivity index (χ1) is 16.8. The van der Waals surface area contributed by atoms with Crippen molar-refractivity contribution >= 4 is 50.0 Å². The molecule has 182 valence electrons. The van der Waals surface area contributed by atoms with Crippen LogP contribution in [0.1, 0.15) is 21.9 Å². The Kier molecular flexibility index (Phi) is 6.45. The molecule has 4 heterocycles. The van der Waals surface area contributed by atoms with Crippen molar-refractivity contribution in [3.63, 3.8) is 0 Å². The standard InChI is InChI=1S/C23H23N5O4S3/c1-15-21(16(2)32-26-15)35(30,31)28-11-9-27(10-12-28)19-7-4-3-6-17(19)24-22(29)18-14-34-23(25-18)20-8-5-13-33-20/h3-8,13-14H,9-12H2,1-2H3,(H,24,29). The van der Waals surface area contributed by atoms with Gasteiger partial charge in [-0.2, -0.15) is 4.31 Å². The third-order valence-electron chi connectivity index (χ3n) is 5.77. The van der Waals surface area contributed by atoms with Gasteiger partial charge in [0.2, 0.25) is 10.0 Å². The van der Waals surface area contributed by atoms with Crippen molar-refractivity contribution in [1.29, 1.82) is 0 Å². The van der Waals surface area contributed by atoms with Crippen molar-refractivity contribution in [3.05, 3.63) is 64.3 Å². The Hall–Kier alpha value is -3.06. The van der Waals surface area contributed by atoms with Gasteiger partial charge in [0.25, 0.3) is 5.91 Å². The highest BCUT2D eigenvalue weighted by molar-refractivity contribution is 7.89. The molecule has 9 nitrogen and oxygen atoms in total. The molecule has 0 spiro atoms. The largest absolute Gasteiger partial charge is 0.367 e. The Morgan fingerprint density at radius 1 is 1.06 bits per heavy atom. The zero-order chi connectivity index (χ0) is 24.6. The molecule has 0 radical (unpaired) electrons. The van der Waals surface area contributed by atoms with Crippen molar-refractivity contribution in [2.24, 2.45) is 0 Å². The van der Waals surface area contributed by atoms with E-state index in [0.717, 1.165) is 15.6 Å². The number of aromatic nitrogens is 2. The lowest BCUT2D eigenvalue weighted by Gasteiger charge is -2.36. The minimum absolute atomic E-state index is 0.142. The van der Waals surface area contributed by atoms with Crippen LogP contribution in [0.15, 0.2) is 56.6 Å². The topological polar surface area (TPSA) is 109 Å². The van der Waals surface area contributed by atoms with Crippen molar-refractivity contribution in [3.8, 4) is 9.88 Å². The Morgan fingerprint density at radius 3 is 2.51 bits per heavy atom. The number of amides is 1. The summed E-state index contributed by atoms with van der Waals surface area (Å²) in [6.45, 7) is 4.82. The average Bonchev–Trinajstić information content (AvgIpc) is 3.61. The highest BCUT2D eigenvalue weighted by Crippen LogP contribution is 2.31. The highest BCUT2D eigenvalue weighted by atomic mass is 32.2. The van der Waals surface area contributed by atoms with E-state index in [9.17, 15) is 13.2 Å². The molecule has 1 fully saturated rings. The molecule has 1 aromatic carbocycles. The summed E-state index contributed by atoms with van der Waals surface area (Å²) in [5.41, 5.74) is 2.22. The van der Waals surface area contributed by atoms with E-state index < -0.39 is 10.0 Å². The average molecular weight is 530 g/mol. The molecule has 3 aromatic heterocycles. The maximum Gasteiger partial charge on any atom is 0.275 e. The van der Waals surface area contributed by atoms with E-state index in [4.69, 9.17) is 4.52 Å². The van der Waals surface area contributed by atoms with Gasteiger partial charge in [0.1, 0.15) is 21.3 Å². The lowest BCUT2D eigenvalue weighted by molar-refractivity contribution is 0.102. The molecular formula is C23H23N5O4S3. The van der Waals surface area contributed by atoms with Crippen LogP contribution in [-0.2, 0) is 10.0 Å². The molecule has 0 bridgehead atoms. The lowest BCUT2D eigenvalue weighted by atomic mass is 10.2. The summed E-state index contributed by atoms with van der Waals surface area (Å²) in [7, 11) is -3.69. The normalized spacial score (nSPS) is 14.9. The fraction of sp³-hybridized carbons (Fsp3) is 0.261. The number of carbonyl (C=O) groups is 1. The molecular weight excluding hydrogens is 506 g/mol. The molecule has 1 amide bonds. The number of aryl methyl sites for hydroxylation is 2. The fourth-order valence-corrected chi connectivity index (χ4v) is 7.40. The van der Waals surface area contributed by atoms with Crippen molar-refractivity contribution in [2.75, 3.05) is 36.4 Å². The Labute approximate surface area is 211 Å². The van der Waals surface area contributed by atoms with E-state index in [-0.39, 0.29) is 10.8 Å². The van der Waals surface area contributed by atoms with Crippen molar-refractivity contribution < 1.29 is 17.7 Å². The summed E-state index contributed by atoms with van der Waals surface area (Å²) in [5, 5.41) is 11.3. The second kappa shape index (κ2) is 9.53. The number of para-hydroxylation sites is 2. The number of nitrogens with one attached hydrogen (secondary N) is 1. The second-order valence-corrected chi connectivity index (χ2v) is 11.7. The number of hydrogen-bond acceptors (Lipinski definition) is 9. The van der Waals surface area contributed by atoms with Crippen LogP contribution >= 0.6 is 22.7 Å². The molecule has 0 atom stereocenters. The first-order valence-corrected chi connectivity index (χ1v) is 14.1. The van der Waals surface area contributed by atoms with E-state index in [1.165, 1.54) is 15.6 Å². The lowest BCUT2D eigenvalue weighted by Crippen LogP contribution is -2.49.